The Labute approximate surface area is 171 Å². The number of aliphatic hydroxyl groups is 1. The molecule has 2 aromatic rings. The van der Waals surface area contributed by atoms with Gasteiger partial charge in [-0.25, -0.2) is 4.79 Å². The number of benzene rings is 1. The molecule has 8 heteroatoms. The van der Waals surface area contributed by atoms with Crippen LogP contribution in [0.1, 0.15) is 31.4 Å². The minimum atomic E-state index is -0.838. The molecule has 0 saturated carbocycles. The molecule has 1 aromatic heterocycles. The smallest absolute Gasteiger partial charge is 0.325 e. The molecule has 0 bridgehead atoms. The number of nitrogens with one attached hydrogen (secondary N) is 1. The highest BCUT2D eigenvalue weighted by Crippen LogP contribution is 2.17. The van der Waals surface area contributed by atoms with Crippen molar-refractivity contribution in [2.75, 3.05) is 26.2 Å². The van der Waals surface area contributed by atoms with Gasteiger partial charge < -0.3 is 10.4 Å². The van der Waals surface area contributed by atoms with Crippen LogP contribution < -0.4 is 5.32 Å². The second-order valence-electron chi connectivity index (χ2n) is 7.90. The maximum atomic E-state index is 12.3. The quantitative estimate of drug-likeness (QED) is 0.590. The van der Waals surface area contributed by atoms with Gasteiger partial charge in [-0.05, 0) is 25.8 Å². The molecule has 3 rings (SSSR count). The third kappa shape index (κ3) is 5.42. The lowest BCUT2D eigenvalue weighted by Crippen LogP contribution is -2.40. The van der Waals surface area contributed by atoms with Gasteiger partial charge in [0.25, 0.3) is 5.91 Å². The van der Waals surface area contributed by atoms with E-state index in [4.69, 9.17) is 0 Å². The molecule has 0 unspecified atom stereocenters. The third-order valence-corrected chi connectivity index (χ3v) is 5.00. The first-order valence-corrected chi connectivity index (χ1v) is 9.91. The summed E-state index contributed by atoms with van der Waals surface area (Å²) in [6.45, 7) is 6.38. The minimum Gasteiger partial charge on any atom is -0.395 e. The Bertz CT molecular complexity index is 834. The summed E-state index contributed by atoms with van der Waals surface area (Å²) in [5.41, 5.74) is 1.41. The van der Waals surface area contributed by atoms with Gasteiger partial charge in [0.15, 0.2) is 0 Å². The first-order valence-electron chi connectivity index (χ1n) is 9.91. The summed E-state index contributed by atoms with van der Waals surface area (Å²) in [7, 11) is 0. The third-order valence-electron chi connectivity index (χ3n) is 5.00. The van der Waals surface area contributed by atoms with Crippen molar-refractivity contribution in [2.45, 2.75) is 38.9 Å². The van der Waals surface area contributed by atoms with E-state index in [0.29, 0.717) is 39.1 Å². The van der Waals surface area contributed by atoms with E-state index >= 15 is 0 Å². The lowest BCUT2D eigenvalue weighted by Gasteiger charge is -2.22. The first-order chi connectivity index (χ1) is 13.9. The number of aromatic nitrogens is 2. The van der Waals surface area contributed by atoms with E-state index in [1.807, 2.05) is 35.3 Å². The highest BCUT2D eigenvalue weighted by Gasteiger charge is 2.43. The fourth-order valence-electron chi connectivity index (χ4n) is 3.49. The van der Waals surface area contributed by atoms with Crippen LogP contribution in [0, 0.1) is 0 Å². The second kappa shape index (κ2) is 9.19. The summed E-state index contributed by atoms with van der Waals surface area (Å²) in [4.78, 5) is 27.6. The predicted molar refractivity (Wildman–Crippen MR) is 109 cm³/mol. The summed E-state index contributed by atoms with van der Waals surface area (Å²) in [5.74, 6) is -0.196. The highest BCUT2D eigenvalue weighted by atomic mass is 16.3. The normalized spacial score (nSPS) is 15.9. The molecule has 0 spiro atoms. The molecule has 0 radical (unpaired) electrons. The molecule has 8 nitrogen and oxygen atoms in total. The number of nitrogens with zero attached hydrogens (tertiary/aromatic N) is 4. The molecule has 2 N–H and O–H groups in total. The molecule has 2 heterocycles. The van der Waals surface area contributed by atoms with E-state index in [9.17, 15) is 14.7 Å². The second-order valence-corrected chi connectivity index (χ2v) is 7.90. The number of amides is 3. The molecule has 1 aliphatic heterocycles. The molecule has 29 heavy (non-hydrogen) atoms. The van der Waals surface area contributed by atoms with Crippen LogP contribution in [0.4, 0.5) is 4.79 Å². The summed E-state index contributed by atoms with van der Waals surface area (Å²) in [6.07, 6.45) is 4.50. The van der Waals surface area contributed by atoms with Crippen LogP contribution in [-0.4, -0.2) is 68.4 Å². The lowest BCUT2D eigenvalue weighted by molar-refractivity contribution is -0.130. The van der Waals surface area contributed by atoms with Crippen LogP contribution in [-0.2, 0) is 17.9 Å². The highest BCUT2D eigenvalue weighted by molar-refractivity contribution is 6.06. The number of imide groups is 1. The van der Waals surface area contributed by atoms with Crippen molar-refractivity contribution in [3.05, 3.63) is 53.9 Å². The number of carbonyl (C=O) groups excluding carboxylic acids is 2. The summed E-state index contributed by atoms with van der Waals surface area (Å²) < 4.78 is 1.90. The van der Waals surface area contributed by atoms with E-state index in [1.165, 1.54) is 10.5 Å². The summed E-state index contributed by atoms with van der Waals surface area (Å²) >= 11 is 0. The average molecular weight is 399 g/mol. The van der Waals surface area contributed by atoms with E-state index in [-0.39, 0.29) is 18.5 Å². The van der Waals surface area contributed by atoms with Gasteiger partial charge in [0.2, 0.25) is 0 Å². The van der Waals surface area contributed by atoms with Gasteiger partial charge in [-0.2, -0.15) is 5.10 Å². The molecule has 0 aliphatic carbocycles. The van der Waals surface area contributed by atoms with Crippen LogP contribution in [0.15, 0.2) is 42.7 Å². The number of hydrogen-bond donors (Lipinski definition) is 2. The minimum absolute atomic E-state index is 0.0499. The first kappa shape index (κ1) is 21.0. The topological polar surface area (TPSA) is 90.7 Å². The largest absolute Gasteiger partial charge is 0.395 e. The van der Waals surface area contributed by atoms with Crippen molar-refractivity contribution >= 4 is 11.9 Å². The molecule has 0 atom stereocenters. The van der Waals surface area contributed by atoms with E-state index in [2.05, 4.69) is 27.4 Å². The van der Waals surface area contributed by atoms with E-state index in [0.717, 1.165) is 5.56 Å². The number of hydrogen-bond acceptors (Lipinski definition) is 5. The van der Waals surface area contributed by atoms with E-state index in [1.54, 1.807) is 13.8 Å². The SMILES string of the molecule is CC1(C)NC(=O)N(CCCN(CCO)Cc2cnn(Cc3ccccc3)c2)C1=O. The Morgan fingerprint density at radius 2 is 1.90 bits per heavy atom. The molecular weight excluding hydrogens is 370 g/mol. The maximum Gasteiger partial charge on any atom is 0.325 e. The van der Waals surface area contributed by atoms with Crippen molar-refractivity contribution in [3.8, 4) is 0 Å². The van der Waals surface area contributed by atoms with Gasteiger partial charge >= 0.3 is 6.03 Å². The van der Waals surface area contributed by atoms with Crippen LogP contribution in [0.25, 0.3) is 0 Å². The van der Waals surface area contributed by atoms with E-state index < -0.39 is 5.54 Å². The van der Waals surface area contributed by atoms with Gasteiger partial charge in [0.1, 0.15) is 5.54 Å². The van der Waals surface area contributed by atoms with Gasteiger partial charge in [-0.1, -0.05) is 30.3 Å². The average Bonchev–Trinajstić information content (AvgIpc) is 3.19. The van der Waals surface area contributed by atoms with Crippen LogP contribution in [0.2, 0.25) is 0 Å². The maximum absolute atomic E-state index is 12.3. The zero-order chi connectivity index (χ0) is 20.9. The standard InChI is InChI=1S/C21H29N5O3/c1-21(2)19(28)26(20(29)23-21)10-6-9-24(11-12-27)14-18-13-22-25(16-18)15-17-7-4-3-5-8-17/h3-5,7-8,13,16,27H,6,9-12,14-15H2,1-2H3,(H,23,29). The number of carbonyl (C=O) groups is 2. The molecule has 156 valence electrons. The molecule has 1 aromatic carbocycles. The molecule has 1 fully saturated rings. The van der Waals surface area contributed by atoms with Crippen molar-refractivity contribution in [1.82, 2.24) is 24.9 Å². The van der Waals surface area contributed by atoms with Crippen molar-refractivity contribution < 1.29 is 14.7 Å². The zero-order valence-electron chi connectivity index (χ0n) is 17.0. The Hall–Kier alpha value is -2.71. The van der Waals surface area contributed by atoms with Gasteiger partial charge in [0.05, 0.1) is 19.3 Å². The van der Waals surface area contributed by atoms with Crippen molar-refractivity contribution in [3.63, 3.8) is 0 Å². The number of rotatable bonds is 10. The Kier molecular flexibility index (Phi) is 6.66. The molecule has 1 aliphatic rings. The molecular formula is C21H29N5O3. The monoisotopic (exact) mass is 399 g/mol. The Morgan fingerprint density at radius 1 is 1.14 bits per heavy atom. The van der Waals surface area contributed by atoms with Crippen LogP contribution in [0.5, 0.6) is 0 Å². The summed E-state index contributed by atoms with van der Waals surface area (Å²) in [6, 6.07) is 9.80. The lowest BCUT2D eigenvalue weighted by atomic mass is 10.1. The van der Waals surface area contributed by atoms with Crippen LogP contribution >= 0.6 is 0 Å². The fraction of sp³-hybridized carbons (Fsp3) is 0.476. The van der Waals surface area contributed by atoms with Gasteiger partial charge in [-0.15, -0.1) is 0 Å². The fourth-order valence-corrected chi connectivity index (χ4v) is 3.49. The van der Waals surface area contributed by atoms with Crippen molar-refractivity contribution in [1.29, 1.82) is 0 Å². The Balaban J connectivity index is 1.51. The Morgan fingerprint density at radius 3 is 2.55 bits per heavy atom. The zero-order valence-corrected chi connectivity index (χ0v) is 17.0. The van der Waals surface area contributed by atoms with Crippen LogP contribution in [0.3, 0.4) is 0 Å². The molecule has 1 saturated heterocycles. The summed E-state index contributed by atoms with van der Waals surface area (Å²) in [5, 5.41) is 16.5. The van der Waals surface area contributed by atoms with Crippen molar-refractivity contribution in [2.24, 2.45) is 0 Å². The predicted octanol–water partition coefficient (Wildman–Crippen LogP) is 1.45. The van der Waals surface area contributed by atoms with Gasteiger partial charge in [0, 0.05) is 37.9 Å². The number of aliphatic hydroxyl groups excluding tert-OH is 1. The number of urea groups is 1. The van der Waals surface area contributed by atoms with Gasteiger partial charge in [-0.3, -0.25) is 19.3 Å². The molecule has 3 amide bonds.